The molecule has 20 heavy (non-hydrogen) atoms. The second-order valence-electron chi connectivity index (χ2n) is 4.22. The lowest BCUT2D eigenvalue weighted by Crippen LogP contribution is -1.93. The molecule has 0 unspecified atom stereocenters. The van der Waals surface area contributed by atoms with Gasteiger partial charge in [0.2, 0.25) is 0 Å². The molecule has 1 aromatic heterocycles. The summed E-state index contributed by atoms with van der Waals surface area (Å²) in [6.45, 7) is 0. The molecular weight excluding hydrogens is 340 g/mol. The summed E-state index contributed by atoms with van der Waals surface area (Å²) in [5.41, 5.74) is 1.72. The second-order valence-corrected chi connectivity index (χ2v) is 6.08. The minimum atomic E-state index is -0.370. The Morgan fingerprint density at radius 2 is 2.05 bits per heavy atom. The van der Waals surface area contributed by atoms with Crippen LogP contribution in [0.2, 0.25) is 0 Å². The zero-order chi connectivity index (χ0) is 14.1. The van der Waals surface area contributed by atoms with Crippen LogP contribution in [0.15, 0.2) is 52.3 Å². The Morgan fingerprint density at radius 1 is 1.20 bits per heavy atom. The number of non-ortho nitro benzene ring substituents is 1. The van der Waals surface area contributed by atoms with Crippen molar-refractivity contribution in [3.05, 3.63) is 62.4 Å². The highest BCUT2D eigenvalue weighted by Gasteiger charge is 2.12. The van der Waals surface area contributed by atoms with Gasteiger partial charge in [-0.05, 0) is 29.6 Å². The van der Waals surface area contributed by atoms with E-state index in [9.17, 15) is 10.1 Å². The largest absolute Gasteiger partial charge is 0.355 e. The van der Waals surface area contributed by atoms with Crippen LogP contribution in [0.3, 0.4) is 0 Å². The molecule has 0 aliphatic rings. The average Bonchev–Trinajstić information content (AvgIpc) is 2.87. The molecule has 0 bridgehead atoms. The predicted octanol–water partition coefficient (Wildman–Crippen LogP) is 5.32. The van der Waals surface area contributed by atoms with Crippen molar-refractivity contribution in [3.8, 4) is 0 Å². The van der Waals surface area contributed by atoms with Gasteiger partial charge in [0, 0.05) is 32.4 Å². The van der Waals surface area contributed by atoms with Crippen LogP contribution in [-0.2, 0) is 0 Å². The number of benzene rings is 2. The van der Waals surface area contributed by atoms with E-state index in [0.29, 0.717) is 0 Å². The predicted molar refractivity (Wildman–Crippen MR) is 85.9 cm³/mol. The van der Waals surface area contributed by atoms with Crippen molar-refractivity contribution in [2.45, 2.75) is 0 Å². The second kappa shape index (κ2) is 5.22. The Labute approximate surface area is 127 Å². The van der Waals surface area contributed by atoms with Gasteiger partial charge in [0.1, 0.15) is 0 Å². The number of nitrogens with zero attached hydrogens (tertiary/aromatic N) is 1. The van der Waals surface area contributed by atoms with Gasteiger partial charge in [-0.1, -0.05) is 22.0 Å². The molecule has 1 heterocycles. The Hall–Kier alpha value is -1.92. The lowest BCUT2D eigenvalue weighted by Gasteiger charge is -2.08. The first-order valence-corrected chi connectivity index (χ1v) is 7.49. The molecule has 0 aliphatic heterocycles. The van der Waals surface area contributed by atoms with Crippen LogP contribution in [0.25, 0.3) is 10.1 Å². The number of nitro benzene ring substituents is 1. The number of rotatable bonds is 3. The van der Waals surface area contributed by atoms with E-state index >= 15 is 0 Å². The molecule has 100 valence electrons. The fourth-order valence-corrected chi connectivity index (χ4v) is 3.23. The topological polar surface area (TPSA) is 55.2 Å². The zero-order valence-electron chi connectivity index (χ0n) is 10.2. The number of fused-ring (bicyclic) bond motifs is 1. The van der Waals surface area contributed by atoms with Gasteiger partial charge in [0.05, 0.1) is 10.6 Å². The number of halogens is 1. The number of anilines is 2. The zero-order valence-corrected chi connectivity index (χ0v) is 12.6. The summed E-state index contributed by atoms with van der Waals surface area (Å²) in [7, 11) is 0. The van der Waals surface area contributed by atoms with Gasteiger partial charge in [0.15, 0.2) is 0 Å². The highest BCUT2D eigenvalue weighted by Crippen LogP contribution is 2.34. The van der Waals surface area contributed by atoms with Crippen molar-refractivity contribution in [2.24, 2.45) is 0 Å². The van der Waals surface area contributed by atoms with Gasteiger partial charge < -0.3 is 5.32 Å². The normalized spacial score (nSPS) is 10.7. The third-order valence-electron chi connectivity index (χ3n) is 2.87. The van der Waals surface area contributed by atoms with Crippen molar-refractivity contribution in [1.82, 2.24) is 0 Å². The molecule has 0 aliphatic carbocycles. The number of nitrogens with one attached hydrogen (secondary N) is 1. The van der Waals surface area contributed by atoms with Gasteiger partial charge in [-0.25, -0.2) is 0 Å². The van der Waals surface area contributed by atoms with Crippen molar-refractivity contribution < 1.29 is 4.92 Å². The van der Waals surface area contributed by atoms with Crippen molar-refractivity contribution in [1.29, 1.82) is 0 Å². The molecule has 0 radical (unpaired) electrons. The first kappa shape index (κ1) is 13.1. The van der Waals surface area contributed by atoms with E-state index in [0.717, 1.165) is 25.9 Å². The van der Waals surface area contributed by atoms with Gasteiger partial charge in [0.25, 0.3) is 5.69 Å². The first-order chi connectivity index (χ1) is 9.63. The van der Waals surface area contributed by atoms with Crippen LogP contribution < -0.4 is 5.32 Å². The molecule has 6 heteroatoms. The molecule has 4 nitrogen and oxygen atoms in total. The highest BCUT2D eigenvalue weighted by atomic mass is 79.9. The van der Waals surface area contributed by atoms with Gasteiger partial charge in [-0.15, -0.1) is 11.3 Å². The maximum absolute atomic E-state index is 11.0. The molecule has 2 aromatic carbocycles. The first-order valence-electron chi connectivity index (χ1n) is 5.82. The fraction of sp³-hybridized carbons (Fsp3) is 0. The molecular formula is C14H9BrN2O2S. The lowest BCUT2D eigenvalue weighted by atomic mass is 10.2. The smallest absolute Gasteiger partial charge is 0.272 e. The summed E-state index contributed by atoms with van der Waals surface area (Å²) in [4.78, 5) is 10.6. The van der Waals surface area contributed by atoms with Crippen LogP contribution in [0.1, 0.15) is 0 Å². The fourth-order valence-electron chi connectivity index (χ4n) is 1.99. The van der Waals surface area contributed by atoms with E-state index in [4.69, 9.17) is 0 Å². The Morgan fingerprint density at radius 3 is 2.80 bits per heavy atom. The summed E-state index contributed by atoms with van der Waals surface area (Å²) in [6, 6.07) is 12.8. The average molecular weight is 349 g/mol. The standard InChI is InChI=1S/C14H9BrN2O2S/c15-9-2-1-3-10(6-9)16-13-7-11(17(18)19)8-14-12(13)4-5-20-14/h1-8,16H. The Bertz CT molecular complexity index is 801. The maximum Gasteiger partial charge on any atom is 0.272 e. The van der Waals surface area contributed by atoms with Crippen molar-refractivity contribution in [2.75, 3.05) is 5.32 Å². The molecule has 0 atom stereocenters. The van der Waals surface area contributed by atoms with Crippen LogP contribution in [0, 0.1) is 10.1 Å². The van der Waals surface area contributed by atoms with E-state index in [-0.39, 0.29) is 10.6 Å². The third-order valence-corrected chi connectivity index (χ3v) is 4.23. The van der Waals surface area contributed by atoms with Crippen molar-refractivity contribution >= 4 is 54.4 Å². The van der Waals surface area contributed by atoms with E-state index < -0.39 is 0 Å². The highest BCUT2D eigenvalue weighted by molar-refractivity contribution is 9.10. The molecule has 0 saturated heterocycles. The van der Waals surface area contributed by atoms with Crippen LogP contribution >= 0.6 is 27.3 Å². The minimum Gasteiger partial charge on any atom is -0.355 e. The monoisotopic (exact) mass is 348 g/mol. The lowest BCUT2D eigenvalue weighted by molar-refractivity contribution is -0.384. The Balaban J connectivity index is 2.09. The summed E-state index contributed by atoms with van der Waals surface area (Å²) in [6.07, 6.45) is 0. The number of thiophene rings is 1. The summed E-state index contributed by atoms with van der Waals surface area (Å²) >= 11 is 4.90. The van der Waals surface area contributed by atoms with Crippen LogP contribution in [0.5, 0.6) is 0 Å². The third kappa shape index (κ3) is 2.52. The van der Waals surface area contributed by atoms with E-state index in [2.05, 4.69) is 21.2 Å². The van der Waals surface area contributed by atoms with Gasteiger partial charge >= 0.3 is 0 Å². The minimum absolute atomic E-state index is 0.0949. The summed E-state index contributed by atoms with van der Waals surface area (Å²) in [5.74, 6) is 0. The van der Waals surface area contributed by atoms with Crippen molar-refractivity contribution in [3.63, 3.8) is 0 Å². The molecule has 3 rings (SSSR count). The number of hydrogen-bond acceptors (Lipinski definition) is 4. The van der Waals surface area contributed by atoms with E-state index in [1.165, 1.54) is 11.3 Å². The number of nitro groups is 1. The van der Waals surface area contributed by atoms with Gasteiger partial charge in [-0.3, -0.25) is 10.1 Å². The maximum atomic E-state index is 11.0. The van der Waals surface area contributed by atoms with E-state index in [1.54, 1.807) is 12.1 Å². The molecule has 0 fully saturated rings. The van der Waals surface area contributed by atoms with Crippen LogP contribution in [-0.4, -0.2) is 4.92 Å². The molecule has 0 spiro atoms. The van der Waals surface area contributed by atoms with E-state index in [1.807, 2.05) is 35.7 Å². The number of hydrogen-bond donors (Lipinski definition) is 1. The molecule has 1 N–H and O–H groups in total. The molecule has 3 aromatic rings. The Kier molecular flexibility index (Phi) is 3.42. The molecule has 0 amide bonds. The van der Waals surface area contributed by atoms with Crippen LogP contribution in [0.4, 0.5) is 17.1 Å². The summed E-state index contributed by atoms with van der Waals surface area (Å²) in [5, 5.41) is 17.2. The molecule has 0 saturated carbocycles. The van der Waals surface area contributed by atoms with Gasteiger partial charge in [-0.2, -0.15) is 0 Å². The SMILES string of the molecule is O=[N+]([O-])c1cc(Nc2cccc(Br)c2)c2ccsc2c1. The summed E-state index contributed by atoms with van der Waals surface area (Å²) < 4.78 is 1.85. The quantitative estimate of drug-likeness (QED) is 0.515.